The minimum absolute atomic E-state index is 0.134. The van der Waals surface area contributed by atoms with Crippen LogP contribution in [0.25, 0.3) is 0 Å². The quantitative estimate of drug-likeness (QED) is 0.814. The fraction of sp³-hybridized carbons (Fsp3) is 0.318. The maximum atomic E-state index is 13.2. The average Bonchev–Trinajstić information content (AvgIpc) is 2.96. The lowest BCUT2D eigenvalue weighted by Crippen LogP contribution is -2.49. The van der Waals surface area contributed by atoms with Gasteiger partial charge in [-0.25, -0.2) is 4.79 Å². The van der Waals surface area contributed by atoms with Crippen molar-refractivity contribution in [1.29, 1.82) is 0 Å². The van der Waals surface area contributed by atoms with Crippen LogP contribution in [0.2, 0.25) is 5.02 Å². The first-order valence-corrected chi connectivity index (χ1v) is 10.1. The van der Waals surface area contributed by atoms with Crippen LogP contribution in [-0.2, 0) is 21.6 Å². The van der Waals surface area contributed by atoms with Gasteiger partial charge >= 0.3 is 6.09 Å². The second-order valence-electron chi connectivity index (χ2n) is 7.66. The number of benzene rings is 2. The molecule has 2 aromatic rings. The van der Waals surface area contributed by atoms with E-state index in [1.54, 1.807) is 24.1 Å². The molecule has 0 unspecified atom stereocenters. The summed E-state index contributed by atoms with van der Waals surface area (Å²) in [4.78, 5) is 40.7. The molecule has 2 heterocycles. The largest absolute Gasteiger partial charge is 0.445 e. The van der Waals surface area contributed by atoms with Crippen LogP contribution in [0.3, 0.4) is 0 Å². The molecule has 0 bridgehead atoms. The van der Waals surface area contributed by atoms with Gasteiger partial charge in [0.1, 0.15) is 6.61 Å². The van der Waals surface area contributed by atoms with Crippen molar-refractivity contribution in [1.82, 2.24) is 4.90 Å². The van der Waals surface area contributed by atoms with E-state index in [1.165, 1.54) is 4.90 Å². The number of amides is 3. The minimum Gasteiger partial charge on any atom is -0.445 e. The molecule has 2 N–H and O–H groups in total. The molecule has 1 fully saturated rings. The molecule has 1 spiro atoms. The normalized spacial score (nSPS) is 17.2. The lowest BCUT2D eigenvalue weighted by molar-refractivity contribution is -0.124. The molecule has 1 saturated heterocycles. The van der Waals surface area contributed by atoms with Crippen LogP contribution in [-0.4, -0.2) is 42.9 Å². The van der Waals surface area contributed by atoms with Gasteiger partial charge in [0.25, 0.3) is 5.91 Å². The maximum absolute atomic E-state index is 13.2. The maximum Gasteiger partial charge on any atom is 0.410 e. The van der Waals surface area contributed by atoms with Crippen molar-refractivity contribution in [2.24, 2.45) is 5.73 Å². The molecule has 156 valence electrons. The third-order valence-corrected chi connectivity index (χ3v) is 6.32. The number of carbonyl (C=O) groups excluding carboxylic acids is 3. The Morgan fingerprint density at radius 2 is 1.80 bits per heavy atom. The number of likely N-dealkylation sites (N-methyl/N-ethyl adjacent to an activating group) is 1. The predicted octanol–water partition coefficient (Wildman–Crippen LogP) is 3.09. The molecule has 8 heteroatoms. The highest BCUT2D eigenvalue weighted by Crippen LogP contribution is 2.51. The fourth-order valence-electron chi connectivity index (χ4n) is 4.44. The van der Waals surface area contributed by atoms with Gasteiger partial charge in [0.05, 0.1) is 16.7 Å². The van der Waals surface area contributed by atoms with Gasteiger partial charge in [-0.2, -0.15) is 0 Å². The number of likely N-dealkylation sites (tertiary alicyclic amines) is 1. The highest BCUT2D eigenvalue weighted by Gasteiger charge is 2.53. The number of primary amides is 1. The van der Waals surface area contributed by atoms with E-state index < -0.39 is 17.4 Å². The molecule has 4 rings (SSSR count). The van der Waals surface area contributed by atoms with Gasteiger partial charge in [-0.1, -0.05) is 41.9 Å². The van der Waals surface area contributed by atoms with Crippen LogP contribution in [0.4, 0.5) is 10.5 Å². The monoisotopic (exact) mass is 427 g/mol. The lowest BCUT2D eigenvalue weighted by Gasteiger charge is -2.38. The number of piperidine rings is 1. The summed E-state index contributed by atoms with van der Waals surface area (Å²) in [6.45, 7) is 0.896. The van der Waals surface area contributed by atoms with Crippen molar-refractivity contribution in [3.63, 3.8) is 0 Å². The third-order valence-electron chi connectivity index (χ3n) is 6.00. The Kier molecular flexibility index (Phi) is 5.15. The number of ether oxygens (including phenoxy) is 1. The molecular weight excluding hydrogens is 406 g/mol. The number of nitrogens with zero attached hydrogens (tertiary/aromatic N) is 2. The van der Waals surface area contributed by atoms with Crippen molar-refractivity contribution in [2.45, 2.75) is 24.9 Å². The first kappa shape index (κ1) is 20.2. The van der Waals surface area contributed by atoms with Crippen molar-refractivity contribution in [2.75, 3.05) is 25.0 Å². The van der Waals surface area contributed by atoms with Crippen LogP contribution >= 0.6 is 11.6 Å². The molecule has 0 radical (unpaired) electrons. The molecule has 2 aliphatic heterocycles. The van der Waals surface area contributed by atoms with Gasteiger partial charge in [0.2, 0.25) is 5.91 Å². The SMILES string of the molecule is CN1C(=O)C2(CCN(C(=O)OCc3ccccc3)CC2)c2c(Cl)ccc(C(N)=O)c21. The molecule has 30 heavy (non-hydrogen) atoms. The molecule has 0 atom stereocenters. The summed E-state index contributed by atoms with van der Waals surface area (Å²) in [5.74, 6) is -0.744. The second-order valence-corrected chi connectivity index (χ2v) is 8.06. The summed E-state index contributed by atoms with van der Waals surface area (Å²) in [5, 5.41) is 0.424. The number of rotatable bonds is 3. The summed E-state index contributed by atoms with van der Waals surface area (Å²) in [6, 6.07) is 12.6. The van der Waals surface area contributed by atoms with E-state index in [9.17, 15) is 14.4 Å². The van der Waals surface area contributed by atoms with E-state index >= 15 is 0 Å². The van der Waals surface area contributed by atoms with Gasteiger partial charge in [-0.05, 0) is 30.5 Å². The molecule has 7 nitrogen and oxygen atoms in total. The zero-order chi connectivity index (χ0) is 21.5. The number of hydrogen-bond donors (Lipinski definition) is 1. The lowest BCUT2D eigenvalue weighted by atomic mass is 9.73. The summed E-state index contributed by atoms with van der Waals surface area (Å²) in [6.07, 6.45) is 0.376. The van der Waals surface area contributed by atoms with Crippen LogP contribution in [0.1, 0.15) is 34.3 Å². The Morgan fingerprint density at radius 3 is 2.43 bits per heavy atom. The van der Waals surface area contributed by atoms with E-state index in [4.69, 9.17) is 22.1 Å². The summed E-state index contributed by atoms with van der Waals surface area (Å²) in [7, 11) is 1.62. The molecule has 0 saturated carbocycles. The highest BCUT2D eigenvalue weighted by atomic mass is 35.5. The van der Waals surface area contributed by atoms with Gasteiger partial charge < -0.3 is 20.3 Å². The van der Waals surface area contributed by atoms with E-state index in [-0.39, 0.29) is 18.1 Å². The van der Waals surface area contributed by atoms with E-state index in [2.05, 4.69) is 0 Å². The Bertz CT molecular complexity index is 1020. The highest BCUT2D eigenvalue weighted by molar-refractivity contribution is 6.33. The van der Waals surface area contributed by atoms with Gasteiger partial charge in [-0.15, -0.1) is 0 Å². The van der Waals surface area contributed by atoms with Crippen LogP contribution in [0.15, 0.2) is 42.5 Å². The number of nitrogens with two attached hydrogens (primary N) is 1. The standard InChI is InChI=1S/C22H22ClN3O4/c1-25-18-15(19(24)27)7-8-16(23)17(18)22(20(25)28)9-11-26(12-10-22)21(29)30-13-14-5-3-2-4-6-14/h2-8H,9-13H2,1H3,(H2,24,27). The Balaban J connectivity index is 1.53. The first-order valence-electron chi connectivity index (χ1n) is 9.72. The molecule has 0 aliphatic carbocycles. The Labute approximate surface area is 179 Å². The smallest absolute Gasteiger partial charge is 0.410 e. The average molecular weight is 428 g/mol. The molecule has 2 aliphatic rings. The van der Waals surface area contributed by atoms with Gasteiger partial charge in [0, 0.05) is 30.7 Å². The molecule has 0 aromatic heterocycles. The van der Waals surface area contributed by atoms with Gasteiger partial charge in [-0.3, -0.25) is 9.59 Å². The van der Waals surface area contributed by atoms with Crippen molar-refractivity contribution < 1.29 is 19.1 Å². The van der Waals surface area contributed by atoms with Crippen LogP contribution in [0, 0.1) is 0 Å². The number of halogens is 1. The Hall–Kier alpha value is -3.06. The zero-order valence-corrected chi connectivity index (χ0v) is 17.3. The minimum atomic E-state index is -0.872. The van der Waals surface area contributed by atoms with Crippen molar-refractivity contribution in [3.05, 3.63) is 64.2 Å². The predicted molar refractivity (Wildman–Crippen MR) is 112 cm³/mol. The van der Waals surface area contributed by atoms with Gasteiger partial charge in [0.15, 0.2) is 0 Å². The zero-order valence-electron chi connectivity index (χ0n) is 16.6. The van der Waals surface area contributed by atoms with Crippen molar-refractivity contribution >= 4 is 35.2 Å². The molecule has 2 aromatic carbocycles. The fourth-order valence-corrected chi connectivity index (χ4v) is 4.78. The topological polar surface area (TPSA) is 92.9 Å². The van der Waals surface area contributed by atoms with E-state index in [0.29, 0.717) is 42.2 Å². The number of anilines is 1. The van der Waals surface area contributed by atoms with E-state index in [1.807, 2.05) is 30.3 Å². The summed E-state index contributed by atoms with van der Waals surface area (Å²) >= 11 is 6.48. The Morgan fingerprint density at radius 1 is 1.13 bits per heavy atom. The van der Waals surface area contributed by atoms with E-state index in [0.717, 1.165) is 5.56 Å². The summed E-state index contributed by atoms with van der Waals surface area (Å²) in [5.41, 5.74) is 6.93. The van der Waals surface area contributed by atoms with Crippen LogP contribution < -0.4 is 10.6 Å². The first-order chi connectivity index (χ1) is 14.3. The summed E-state index contributed by atoms with van der Waals surface area (Å²) < 4.78 is 5.41. The van der Waals surface area contributed by atoms with Crippen molar-refractivity contribution in [3.8, 4) is 0 Å². The second kappa shape index (κ2) is 7.65. The number of hydrogen-bond acceptors (Lipinski definition) is 4. The third kappa shape index (κ3) is 3.19. The van der Waals surface area contributed by atoms with Crippen LogP contribution in [0.5, 0.6) is 0 Å². The molecule has 3 amide bonds. The number of carbonyl (C=O) groups is 3. The number of fused-ring (bicyclic) bond motifs is 2. The molecular formula is C22H22ClN3O4.